The highest BCUT2D eigenvalue weighted by Crippen LogP contribution is 2.49. The van der Waals surface area contributed by atoms with Crippen LogP contribution in [0.4, 0.5) is 9.18 Å². The summed E-state index contributed by atoms with van der Waals surface area (Å²) in [5.74, 6) is 2.04. The van der Waals surface area contributed by atoms with Crippen LogP contribution in [0.1, 0.15) is 92.1 Å². The Morgan fingerprint density at radius 3 is 2.57 bits per heavy atom. The first-order valence-corrected chi connectivity index (χ1v) is 21.3. The number of nitrogens with zero attached hydrogens (tertiary/aromatic N) is 4. The highest BCUT2D eigenvalue weighted by molar-refractivity contribution is 7.12. The monoisotopic (exact) mass is 802 g/mol. The fraction of sp³-hybridized carbons (Fsp3) is 0.409. The van der Waals surface area contributed by atoms with Gasteiger partial charge < -0.3 is 35.0 Å². The lowest BCUT2D eigenvalue weighted by atomic mass is 10.0. The van der Waals surface area contributed by atoms with Gasteiger partial charge in [-0.3, -0.25) is 9.36 Å². The number of halogens is 1. The van der Waals surface area contributed by atoms with Crippen molar-refractivity contribution in [1.29, 1.82) is 0 Å². The van der Waals surface area contributed by atoms with Gasteiger partial charge >= 0.3 is 6.09 Å². The van der Waals surface area contributed by atoms with Crippen molar-refractivity contribution in [3.05, 3.63) is 88.1 Å². The molecule has 300 valence electrons. The number of benzene rings is 2. The standard InChI is InChI=1S/C44H47FN8O4S/c1-23(2)39(51-44(55)56-3)42(54)52-15-5-7-34(52)41-48-22-32(50-41)26-18-29(45)38-35-19-27-17-25(31-21-47-40(49-31)30-6-4-14-46-30)10-12-33(27)53(35)43(57-36(38)20-26)37-13-11-28(58-37)16-24-8-9-24/h10-13,17-24,30,34,39,43,46H,4-9,14-16H2,1-3H3,(H,47,49)(H,48,50)(H,51,55). The molecule has 4 aromatic heterocycles. The minimum Gasteiger partial charge on any atom is -0.464 e. The second-order valence-corrected chi connectivity index (χ2v) is 17.7. The molecule has 12 nitrogen and oxygen atoms in total. The molecule has 14 heteroatoms. The number of aromatic amines is 2. The van der Waals surface area contributed by atoms with Gasteiger partial charge in [0.2, 0.25) is 12.1 Å². The first-order chi connectivity index (χ1) is 28.2. The summed E-state index contributed by atoms with van der Waals surface area (Å²) in [6, 6.07) is 15.4. The number of ether oxygens (including phenoxy) is 2. The summed E-state index contributed by atoms with van der Waals surface area (Å²) in [5, 5.41) is 7.20. The predicted octanol–water partition coefficient (Wildman–Crippen LogP) is 8.65. The summed E-state index contributed by atoms with van der Waals surface area (Å²) in [6.45, 7) is 5.31. The molecule has 2 amide bonds. The SMILES string of the molecule is COC(=O)NC(C(=O)N1CCCC1c1ncc(-c2cc(F)c3c(c2)OC(c2ccc(CC4CC4)s2)n2c-3cc3cc(-c4cnc(C5CCCN5)[nH]4)ccc32)[nH]1)C(C)C. The number of carbonyl (C=O) groups is 2. The molecular formula is C44H47FN8O4S. The van der Waals surface area contributed by atoms with E-state index in [0.29, 0.717) is 41.4 Å². The van der Waals surface area contributed by atoms with Gasteiger partial charge in [0.05, 0.1) is 64.6 Å². The van der Waals surface area contributed by atoms with E-state index in [1.165, 1.54) is 30.9 Å². The lowest BCUT2D eigenvalue weighted by Crippen LogP contribution is -2.51. The number of carbonyl (C=O) groups excluding carboxylic acids is 2. The lowest BCUT2D eigenvalue weighted by Gasteiger charge is -2.30. The highest BCUT2D eigenvalue weighted by Gasteiger charge is 2.38. The summed E-state index contributed by atoms with van der Waals surface area (Å²) in [5.41, 5.74) is 5.30. The van der Waals surface area contributed by atoms with Crippen LogP contribution in [-0.2, 0) is 16.0 Å². The maximum atomic E-state index is 16.7. The molecule has 6 aromatic rings. The minimum atomic E-state index is -0.741. The zero-order valence-electron chi connectivity index (χ0n) is 32.8. The molecule has 3 fully saturated rings. The quantitative estimate of drug-likeness (QED) is 0.109. The van der Waals surface area contributed by atoms with Crippen molar-refractivity contribution in [2.24, 2.45) is 11.8 Å². The number of fused-ring (bicyclic) bond motifs is 5. The first-order valence-electron chi connectivity index (χ1n) is 20.5. The maximum absolute atomic E-state index is 16.7. The molecule has 58 heavy (non-hydrogen) atoms. The average Bonchev–Trinajstić information content (AvgIpc) is 3.95. The number of amides is 2. The average molecular weight is 803 g/mol. The maximum Gasteiger partial charge on any atom is 0.407 e. The third kappa shape index (κ3) is 6.65. The molecule has 4 unspecified atom stereocenters. The number of hydrogen-bond acceptors (Lipinski definition) is 8. The van der Waals surface area contributed by atoms with Crippen LogP contribution in [0.2, 0.25) is 0 Å². The molecule has 4 atom stereocenters. The zero-order chi connectivity index (χ0) is 39.7. The van der Waals surface area contributed by atoms with E-state index in [1.54, 1.807) is 22.4 Å². The van der Waals surface area contributed by atoms with Crippen LogP contribution in [0.5, 0.6) is 5.75 Å². The van der Waals surface area contributed by atoms with E-state index in [0.717, 1.165) is 76.7 Å². The van der Waals surface area contributed by atoms with Gasteiger partial charge in [-0.25, -0.2) is 19.2 Å². The number of thiophene rings is 1. The number of aromatic nitrogens is 5. The fourth-order valence-corrected chi connectivity index (χ4v) is 10.1. The minimum absolute atomic E-state index is 0.148. The number of imidazole rings is 2. The molecule has 0 bridgehead atoms. The Morgan fingerprint density at radius 2 is 1.79 bits per heavy atom. The first kappa shape index (κ1) is 36.8. The predicted molar refractivity (Wildman–Crippen MR) is 220 cm³/mol. The largest absolute Gasteiger partial charge is 0.464 e. The second kappa shape index (κ2) is 14.7. The van der Waals surface area contributed by atoms with Crippen molar-refractivity contribution >= 4 is 34.2 Å². The van der Waals surface area contributed by atoms with Gasteiger partial charge in [-0.05, 0) is 106 Å². The Hall–Kier alpha value is -5.47. The fourth-order valence-electron chi connectivity index (χ4n) is 8.95. The van der Waals surface area contributed by atoms with E-state index < -0.39 is 24.2 Å². The summed E-state index contributed by atoms with van der Waals surface area (Å²) in [6.07, 6.45) is 9.78. The van der Waals surface area contributed by atoms with E-state index in [1.807, 2.05) is 26.1 Å². The molecule has 7 heterocycles. The normalized spacial score (nSPS) is 20.6. The third-order valence-corrected chi connectivity index (χ3v) is 13.3. The number of likely N-dealkylation sites (tertiary alicyclic amines) is 1. The third-order valence-electron chi connectivity index (χ3n) is 12.2. The number of methoxy groups -OCH3 is 1. The molecule has 1 saturated carbocycles. The van der Waals surface area contributed by atoms with Gasteiger partial charge in [0.15, 0.2) is 0 Å². The molecule has 1 aliphatic carbocycles. The molecule has 0 radical (unpaired) electrons. The van der Waals surface area contributed by atoms with E-state index >= 15 is 4.39 Å². The van der Waals surface area contributed by atoms with Crippen LogP contribution in [0.25, 0.3) is 44.7 Å². The number of alkyl carbamates (subject to hydrolysis) is 1. The van der Waals surface area contributed by atoms with Crippen LogP contribution < -0.4 is 15.4 Å². The van der Waals surface area contributed by atoms with Crippen molar-refractivity contribution in [2.75, 3.05) is 20.2 Å². The van der Waals surface area contributed by atoms with E-state index in [-0.39, 0.29) is 23.9 Å². The smallest absolute Gasteiger partial charge is 0.407 e. The second-order valence-electron chi connectivity index (χ2n) is 16.5. The van der Waals surface area contributed by atoms with Gasteiger partial charge in [-0.1, -0.05) is 19.9 Å². The Kier molecular flexibility index (Phi) is 9.35. The Bertz CT molecular complexity index is 2530. The number of nitrogens with one attached hydrogen (secondary N) is 4. The van der Waals surface area contributed by atoms with Crippen LogP contribution in [0, 0.1) is 17.7 Å². The van der Waals surface area contributed by atoms with E-state index in [2.05, 4.69) is 61.6 Å². The van der Waals surface area contributed by atoms with E-state index in [9.17, 15) is 9.59 Å². The van der Waals surface area contributed by atoms with E-state index in [4.69, 9.17) is 19.4 Å². The molecular weight excluding hydrogens is 756 g/mol. The summed E-state index contributed by atoms with van der Waals surface area (Å²) >= 11 is 1.77. The lowest BCUT2D eigenvalue weighted by molar-refractivity contribution is -0.135. The molecule has 0 spiro atoms. The van der Waals surface area contributed by atoms with Crippen LogP contribution in [0.3, 0.4) is 0 Å². The summed E-state index contributed by atoms with van der Waals surface area (Å²) in [7, 11) is 1.28. The van der Waals surface area contributed by atoms with Gasteiger partial charge in [-0.15, -0.1) is 11.3 Å². The molecule has 2 saturated heterocycles. The molecule has 3 aliphatic heterocycles. The van der Waals surface area contributed by atoms with Gasteiger partial charge in [0.1, 0.15) is 29.3 Å². The number of rotatable bonds is 10. The molecule has 4 N–H and O–H groups in total. The Balaban J connectivity index is 0.997. The van der Waals surface area contributed by atoms with Crippen molar-refractivity contribution in [3.63, 3.8) is 0 Å². The van der Waals surface area contributed by atoms with Gasteiger partial charge in [-0.2, -0.15) is 0 Å². The molecule has 10 rings (SSSR count). The van der Waals surface area contributed by atoms with Crippen LogP contribution in [0.15, 0.2) is 60.9 Å². The van der Waals surface area contributed by atoms with Crippen molar-refractivity contribution in [1.82, 2.24) is 40.0 Å². The van der Waals surface area contributed by atoms with Gasteiger partial charge in [0, 0.05) is 27.9 Å². The molecule has 2 aromatic carbocycles. The summed E-state index contributed by atoms with van der Waals surface area (Å²) in [4.78, 5) is 46.4. The topological polar surface area (TPSA) is 142 Å². The van der Waals surface area contributed by atoms with Crippen molar-refractivity contribution in [3.8, 4) is 39.5 Å². The van der Waals surface area contributed by atoms with Crippen LogP contribution >= 0.6 is 11.3 Å². The highest BCUT2D eigenvalue weighted by atomic mass is 32.1. The van der Waals surface area contributed by atoms with Gasteiger partial charge in [0.25, 0.3) is 0 Å². The van der Waals surface area contributed by atoms with Crippen molar-refractivity contribution in [2.45, 2.75) is 83.1 Å². The number of hydrogen-bond donors (Lipinski definition) is 4. The number of H-pyrrole nitrogens is 2. The molecule has 4 aliphatic rings. The zero-order valence-corrected chi connectivity index (χ0v) is 33.6. The van der Waals surface area contributed by atoms with Crippen LogP contribution in [-0.4, -0.2) is 67.6 Å². The Labute approximate surface area is 339 Å². The van der Waals surface area contributed by atoms with Crippen molar-refractivity contribution < 1.29 is 23.5 Å². The Morgan fingerprint density at radius 1 is 0.983 bits per heavy atom. The summed E-state index contributed by atoms with van der Waals surface area (Å²) < 4.78 is 30.5.